The zero-order valence-electron chi connectivity index (χ0n) is 18.2. The Morgan fingerprint density at radius 2 is 1.61 bits per heavy atom. The van der Waals surface area contributed by atoms with Crippen molar-refractivity contribution in [3.63, 3.8) is 0 Å². The first kappa shape index (κ1) is 24.0. The molecule has 0 saturated heterocycles. The maximum Gasteiger partial charge on any atom is 0.336 e. The second-order valence-corrected chi connectivity index (χ2v) is 6.72. The average molecular weight is 434 g/mol. The van der Waals surface area contributed by atoms with Crippen molar-refractivity contribution in [2.45, 2.75) is 19.8 Å². The SMILES string of the molecule is COCCOCN1C(C)=C(C(=O)OC)C(c2cccc([N+](=O)[O-])c2)C(C(=O)OC)=C1C. The number of benzene rings is 1. The summed E-state index contributed by atoms with van der Waals surface area (Å²) in [6.07, 6.45) is 0. The fourth-order valence-electron chi connectivity index (χ4n) is 3.50. The number of carbonyl (C=O) groups is 2. The number of hydrogen-bond acceptors (Lipinski definition) is 9. The van der Waals surface area contributed by atoms with Gasteiger partial charge in [0.1, 0.15) is 6.73 Å². The molecule has 0 bridgehead atoms. The van der Waals surface area contributed by atoms with Gasteiger partial charge < -0.3 is 23.8 Å². The van der Waals surface area contributed by atoms with Gasteiger partial charge in [0.05, 0.1) is 49.4 Å². The van der Waals surface area contributed by atoms with Crippen LogP contribution in [0.4, 0.5) is 5.69 Å². The third kappa shape index (κ3) is 5.09. The number of carbonyl (C=O) groups excluding carboxylic acids is 2. The molecule has 0 aromatic heterocycles. The first-order valence-electron chi connectivity index (χ1n) is 9.45. The van der Waals surface area contributed by atoms with Crippen LogP contribution in [0, 0.1) is 10.1 Å². The Kier molecular flexibility index (Phi) is 8.29. The van der Waals surface area contributed by atoms with Crippen molar-refractivity contribution < 1.29 is 33.5 Å². The largest absolute Gasteiger partial charge is 0.466 e. The van der Waals surface area contributed by atoms with Crippen molar-refractivity contribution in [3.8, 4) is 0 Å². The van der Waals surface area contributed by atoms with Gasteiger partial charge in [-0.2, -0.15) is 0 Å². The van der Waals surface area contributed by atoms with Crippen LogP contribution in [-0.4, -0.2) is 63.0 Å². The molecule has 2 rings (SSSR count). The van der Waals surface area contributed by atoms with Crippen molar-refractivity contribution in [2.75, 3.05) is 41.3 Å². The van der Waals surface area contributed by atoms with Crippen LogP contribution in [0.5, 0.6) is 0 Å². The number of nitro groups is 1. The molecule has 1 aliphatic rings. The number of nitrogens with zero attached hydrogens (tertiary/aromatic N) is 2. The molecule has 0 N–H and O–H groups in total. The lowest BCUT2D eigenvalue weighted by atomic mass is 9.79. The van der Waals surface area contributed by atoms with Gasteiger partial charge in [0.2, 0.25) is 0 Å². The molecule has 1 aromatic rings. The normalized spacial score (nSPS) is 14.7. The van der Waals surface area contributed by atoms with Crippen molar-refractivity contribution >= 4 is 17.6 Å². The summed E-state index contributed by atoms with van der Waals surface area (Å²) in [4.78, 5) is 38.0. The molecule has 10 nitrogen and oxygen atoms in total. The molecule has 10 heteroatoms. The number of non-ortho nitro benzene ring substituents is 1. The summed E-state index contributed by atoms with van der Waals surface area (Å²) in [5.41, 5.74) is 1.59. The molecular weight excluding hydrogens is 408 g/mol. The molecule has 0 radical (unpaired) electrons. The Morgan fingerprint density at radius 1 is 1.03 bits per heavy atom. The minimum absolute atomic E-state index is 0.0592. The van der Waals surface area contributed by atoms with Crippen LogP contribution in [-0.2, 0) is 28.5 Å². The average Bonchev–Trinajstić information content (AvgIpc) is 2.77. The van der Waals surface area contributed by atoms with Crippen molar-refractivity contribution in [3.05, 3.63) is 62.5 Å². The molecule has 31 heavy (non-hydrogen) atoms. The molecule has 0 atom stereocenters. The standard InChI is InChI=1S/C21H26N2O8/c1-13-17(20(24)29-4)19(15-7-6-8-16(11-15)23(26)27)18(21(25)30-5)14(2)22(13)12-31-10-9-28-3/h6-8,11,19H,9-10,12H2,1-5H3. The minimum Gasteiger partial charge on any atom is -0.466 e. The van der Waals surface area contributed by atoms with Crippen molar-refractivity contribution in [1.29, 1.82) is 0 Å². The fraction of sp³-hybridized carbons (Fsp3) is 0.429. The van der Waals surface area contributed by atoms with Crippen LogP contribution in [0.1, 0.15) is 25.3 Å². The Morgan fingerprint density at radius 3 is 2.10 bits per heavy atom. The molecule has 0 spiro atoms. The van der Waals surface area contributed by atoms with E-state index in [0.29, 0.717) is 30.2 Å². The number of esters is 2. The lowest BCUT2D eigenvalue weighted by Gasteiger charge is -2.37. The summed E-state index contributed by atoms with van der Waals surface area (Å²) in [5, 5.41) is 11.3. The third-order valence-electron chi connectivity index (χ3n) is 5.04. The van der Waals surface area contributed by atoms with Crippen LogP contribution in [0.3, 0.4) is 0 Å². The molecule has 1 aromatic carbocycles. The Bertz CT molecular complexity index is 882. The summed E-state index contributed by atoms with van der Waals surface area (Å²) in [6, 6.07) is 5.80. The molecule has 0 saturated carbocycles. The van der Waals surface area contributed by atoms with Crippen LogP contribution >= 0.6 is 0 Å². The van der Waals surface area contributed by atoms with Crippen molar-refractivity contribution in [2.24, 2.45) is 0 Å². The van der Waals surface area contributed by atoms with E-state index in [1.807, 2.05) is 0 Å². The van der Waals surface area contributed by atoms with E-state index in [1.54, 1.807) is 31.9 Å². The van der Waals surface area contributed by atoms with Gasteiger partial charge >= 0.3 is 11.9 Å². The molecule has 1 heterocycles. The van der Waals surface area contributed by atoms with E-state index in [1.165, 1.54) is 32.4 Å². The number of allylic oxidation sites excluding steroid dienone is 2. The summed E-state index contributed by atoms with van der Waals surface area (Å²) >= 11 is 0. The van der Waals surface area contributed by atoms with E-state index >= 15 is 0 Å². The molecule has 0 aliphatic carbocycles. The summed E-state index contributed by atoms with van der Waals surface area (Å²) in [7, 11) is 4.01. The first-order valence-corrected chi connectivity index (χ1v) is 9.45. The number of ether oxygens (including phenoxy) is 4. The number of rotatable bonds is 9. The van der Waals surface area contributed by atoms with Gasteiger partial charge in [0, 0.05) is 30.6 Å². The van der Waals surface area contributed by atoms with E-state index in [9.17, 15) is 19.7 Å². The third-order valence-corrected chi connectivity index (χ3v) is 5.04. The van der Waals surface area contributed by atoms with E-state index in [2.05, 4.69) is 0 Å². The second-order valence-electron chi connectivity index (χ2n) is 6.72. The Hall–Kier alpha value is -3.24. The van der Waals surface area contributed by atoms with Gasteiger partial charge in [-0.05, 0) is 19.4 Å². The monoisotopic (exact) mass is 434 g/mol. The lowest BCUT2D eigenvalue weighted by Crippen LogP contribution is -2.36. The van der Waals surface area contributed by atoms with Crippen LogP contribution in [0.15, 0.2) is 46.8 Å². The molecule has 168 valence electrons. The van der Waals surface area contributed by atoms with E-state index in [4.69, 9.17) is 18.9 Å². The molecular formula is C21H26N2O8. The highest BCUT2D eigenvalue weighted by molar-refractivity contribution is 5.99. The fourth-order valence-corrected chi connectivity index (χ4v) is 3.50. The topological polar surface area (TPSA) is 117 Å². The quantitative estimate of drug-likeness (QED) is 0.250. The highest BCUT2D eigenvalue weighted by atomic mass is 16.6. The Balaban J connectivity index is 2.68. The summed E-state index contributed by atoms with van der Waals surface area (Å²) in [6.45, 7) is 4.15. The van der Waals surface area contributed by atoms with Gasteiger partial charge in [-0.25, -0.2) is 9.59 Å². The zero-order valence-corrected chi connectivity index (χ0v) is 18.2. The van der Waals surface area contributed by atoms with Gasteiger partial charge in [0.15, 0.2) is 0 Å². The van der Waals surface area contributed by atoms with Gasteiger partial charge in [-0.15, -0.1) is 0 Å². The highest BCUT2D eigenvalue weighted by Gasteiger charge is 2.40. The smallest absolute Gasteiger partial charge is 0.336 e. The van der Waals surface area contributed by atoms with Crippen LogP contribution < -0.4 is 0 Å². The predicted molar refractivity (Wildman–Crippen MR) is 110 cm³/mol. The van der Waals surface area contributed by atoms with Gasteiger partial charge in [-0.3, -0.25) is 10.1 Å². The zero-order chi connectivity index (χ0) is 23.1. The summed E-state index contributed by atoms with van der Waals surface area (Å²) < 4.78 is 20.6. The number of hydrogen-bond donors (Lipinski definition) is 0. The molecule has 1 aliphatic heterocycles. The molecule has 0 fully saturated rings. The van der Waals surface area contributed by atoms with Crippen LogP contribution in [0.25, 0.3) is 0 Å². The second kappa shape index (κ2) is 10.7. The minimum atomic E-state index is -0.907. The van der Waals surface area contributed by atoms with Crippen LogP contribution in [0.2, 0.25) is 0 Å². The van der Waals surface area contributed by atoms with Gasteiger partial charge in [-0.1, -0.05) is 12.1 Å². The lowest BCUT2D eigenvalue weighted by molar-refractivity contribution is -0.384. The molecule has 0 unspecified atom stereocenters. The maximum absolute atomic E-state index is 12.8. The van der Waals surface area contributed by atoms with Crippen molar-refractivity contribution in [1.82, 2.24) is 4.90 Å². The molecule has 0 amide bonds. The number of nitro benzene ring substituents is 1. The predicted octanol–water partition coefficient (Wildman–Crippen LogP) is 2.51. The van der Waals surface area contributed by atoms with Gasteiger partial charge in [0.25, 0.3) is 5.69 Å². The van der Waals surface area contributed by atoms with E-state index < -0.39 is 22.8 Å². The first-order chi connectivity index (χ1) is 14.8. The highest BCUT2D eigenvalue weighted by Crippen LogP contribution is 2.43. The Labute approximate surface area is 180 Å². The maximum atomic E-state index is 12.8. The van der Waals surface area contributed by atoms with E-state index in [0.717, 1.165) is 0 Å². The number of methoxy groups -OCH3 is 3. The summed E-state index contributed by atoms with van der Waals surface area (Å²) in [5.74, 6) is -2.23. The van der Waals surface area contributed by atoms with E-state index in [-0.39, 0.29) is 23.6 Å².